The number of nitrogens with one attached hydrogen (secondary N) is 1. The largest absolute Gasteiger partial charge is 0.508 e. The highest BCUT2D eigenvalue weighted by Crippen LogP contribution is 2.50. The topological polar surface area (TPSA) is 32.3 Å². The molecule has 0 amide bonds. The maximum absolute atomic E-state index is 9.84. The highest BCUT2D eigenvalue weighted by Gasteiger charge is 2.48. The summed E-state index contributed by atoms with van der Waals surface area (Å²) in [6.07, 6.45) is 7.70. The summed E-state index contributed by atoms with van der Waals surface area (Å²) < 4.78 is 0. The van der Waals surface area contributed by atoms with E-state index in [9.17, 15) is 5.11 Å². The van der Waals surface area contributed by atoms with Crippen LogP contribution in [0.4, 0.5) is 0 Å². The molecule has 1 aromatic rings. The third kappa shape index (κ3) is 2.16. The molecule has 1 saturated carbocycles. The van der Waals surface area contributed by atoms with Gasteiger partial charge in [-0.3, -0.25) is 0 Å². The Morgan fingerprint density at radius 2 is 2.26 bits per heavy atom. The zero-order valence-electron chi connectivity index (χ0n) is 11.9. The Bertz CT molecular complexity index is 433. The van der Waals surface area contributed by atoms with Gasteiger partial charge in [0.1, 0.15) is 5.75 Å². The molecule has 2 aliphatic rings. The van der Waals surface area contributed by atoms with Crippen molar-refractivity contribution in [1.82, 2.24) is 5.32 Å². The average Bonchev–Trinajstić information content (AvgIpc) is 2.39. The number of aromatic hydroxyl groups is 1. The first-order valence-corrected chi connectivity index (χ1v) is 7.79. The monoisotopic (exact) mass is 259 g/mol. The Kier molecular flexibility index (Phi) is 3.53. The highest BCUT2D eigenvalue weighted by atomic mass is 16.3. The SMILES string of the molecule is CCC[C@H]1[C@@H]2CCC[C@@]1(c1cccc(O)c1)CCN2. The molecule has 0 spiro atoms. The molecule has 1 aliphatic carbocycles. The molecule has 3 rings (SSSR count). The predicted molar refractivity (Wildman–Crippen MR) is 78.4 cm³/mol. The number of benzene rings is 1. The number of rotatable bonds is 3. The summed E-state index contributed by atoms with van der Waals surface area (Å²) in [5.74, 6) is 1.16. The van der Waals surface area contributed by atoms with Gasteiger partial charge in [-0.25, -0.2) is 0 Å². The fourth-order valence-corrected chi connectivity index (χ4v) is 4.55. The molecule has 1 aliphatic heterocycles. The van der Waals surface area contributed by atoms with Gasteiger partial charge in [0.15, 0.2) is 0 Å². The summed E-state index contributed by atoms with van der Waals surface area (Å²) in [6, 6.07) is 8.72. The lowest BCUT2D eigenvalue weighted by atomic mass is 9.56. The van der Waals surface area contributed by atoms with Crippen molar-refractivity contribution in [2.45, 2.75) is 56.9 Å². The van der Waals surface area contributed by atoms with Crippen molar-refractivity contribution in [2.24, 2.45) is 5.92 Å². The van der Waals surface area contributed by atoms with Crippen LogP contribution in [0.5, 0.6) is 5.75 Å². The van der Waals surface area contributed by atoms with Crippen LogP contribution in [0.25, 0.3) is 0 Å². The summed E-state index contributed by atoms with van der Waals surface area (Å²) in [7, 11) is 0. The normalized spacial score (nSPS) is 34.2. The number of phenols is 1. The summed E-state index contributed by atoms with van der Waals surface area (Å²) in [4.78, 5) is 0. The van der Waals surface area contributed by atoms with Crippen molar-refractivity contribution in [3.8, 4) is 5.75 Å². The highest BCUT2D eigenvalue weighted by molar-refractivity contribution is 5.35. The number of piperidine rings is 1. The number of fused-ring (bicyclic) bond motifs is 2. The molecule has 104 valence electrons. The van der Waals surface area contributed by atoms with Gasteiger partial charge in [0.05, 0.1) is 0 Å². The van der Waals surface area contributed by atoms with Crippen molar-refractivity contribution >= 4 is 0 Å². The Labute approximate surface area is 116 Å². The molecule has 2 fully saturated rings. The molecule has 2 N–H and O–H groups in total. The van der Waals surface area contributed by atoms with E-state index in [1.165, 1.54) is 44.1 Å². The molecule has 19 heavy (non-hydrogen) atoms. The van der Waals surface area contributed by atoms with Crippen LogP contribution >= 0.6 is 0 Å². The van der Waals surface area contributed by atoms with Gasteiger partial charge in [0, 0.05) is 11.5 Å². The van der Waals surface area contributed by atoms with Crippen LogP contribution in [0.1, 0.15) is 51.0 Å². The van der Waals surface area contributed by atoms with Gasteiger partial charge in [0.2, 0.25) is 0 Å². The van der Waals surface area contributed by atoms with E-state index < -0.39 is 0 Å². The molecule has 2 bridgehead atoms. The molecule has 0 aromatic heterocycles. The molecule has 1 saturated heterocycles. The van der Waals surface area contributed by atoms with Crippen molar-refractivity contribution in [3.05, 3.63) is 29.8 Å². The molecular formula is C17H25NO. The maximum atomic E-state index is 9.84. The lowest BCUT2D eigenvalue weighted by Crippen LogP contribution is -2.57. The zero-order valence-corrected chi connectivity index (χ0v) is 11.9. The molecule has 2 nitrogen and oxygen atoms in total. The third-order valence-electron chi connectivity index (χ3n) is 5.33. The van der Waals surface area contributed by atoms with E-state index in [1.807, 2.05) is 12.1 Å². The summed E-state index contributed by atoms with van der Waals surface area (Å²) in [5.41, 5.74) is 1.68. The van der Waals surface area contributed by atoms with E-state index in [0.29, 0.717) is 17.2 Å². The number of hydrogen-bond acceptors (Lipinski definition) is 2. The van der Waals surface area contributed by atoms with E-state index in [1.54, 1.807) is 6.07 Å². The Hall–Kier alpha value is -1.02. The molecule has 0 unspecified atom stereocenters. The van der Waals surface area contributed by atoms with Crippen molar-refractivity contribution in [3.63, 3.8) is 0 Å². The Morgan fingerprint density at radius 1 is 1.37 bits per heavy atom. The molecule has 3 atom stereocenters. The van der Waals surface area contributed by atoms with E-state index in [4.69, 9.17) is 0 Å². The minimum Gasteiger partial charge on any atom is -0.508 e. The maximum Gasteiger partial charge on any atom is 0.115 e. The first kappa shape index (κ1) is 13.0. The van der Waals surface area contributed by atoms with Crippen LogP contribution in [0, 0.1) is 5.92 Å². The summed E-state index contributed by atoms with van der Waals surface area (Å²) in [6.45, 7) is 3.42. The second-order valence-electron chi connectivity index (χ2n) is 6.30. The standard InChI is InChI=1S/C17H25NO/c1-2-5-15-16-8-4-9-17(15,10-11-18-16)13-6-3-7-14(19)12-13/h3,6-7,12,15-16,18-19H,2,4-5,8-11H2,1H3/t15-,16-,17-/m0/s1. The molecule has 0 radical (unpaired) electrons. The Balaban J connectivity index is 2.01. The van der Waals surface area contributed by atoms with Crippen molar-refractivity contribution in [2.75, 3.05) is 6.54 Å². The van der Waals surface area contributed by atoms with Crippen molar-refractivity contribution in [1.29, 1.82) is 0 Å². The first-order valence-electron chi connectivity index (χ1n) is 7.79. The molecular weight excluding hydrogens is 234 g/mol. The Morgan fingerprint density at radius 3 is 3.05 bits per heavy atom. The first-order chi connectivity index (χ1) is 9.26. The van der Waals surface area contributed by atoms with E-state index >= 15 is 0 Å². The zero-order chi connectivity index (χ0) is 13.3. The minimum atomic E-state index is 0.308. The lowest BCUT2D eigenvalue weighted by molar-refractivity contribution is 0.0804. The van der Waals surface area contributed by atoms with Gasteiger partial charge in [-0.15, -0.1) is 0 Å². The third-order valence-corrected chi connectivity index (χ3v) is 5.33. The summed E-state index contributed by atoms with van der Waals surface area (Å²) in [5, 5.41) is 13.6. The minimum absolute atomic E-state index is 0.308. The molecule has 1 aromatic carbocycles. The second-order valence-corrected chi connectivity index (χ2v) is 6.30. The van der Waals surface area contributed by atoms with Crippen LogP contribution in [-0.2, 0) is 5.41 Å². The predicted octanol–water partition coefficient (Wildman–Crippen LogP) is 3.59. The van der Waals surface area contributed by atoms with Gasteiger partial charge in [-0.1, -0.05) is 31.9 Å². The van der Waals surface area contributed by atoms with Gasteiger partial charge in [0.25, 0.3) is 0 Å². The van der Waals surface area contributed by atoms with Crippen LogP contribution in [0.15, 0.2) is 24.3 Å². The quantitative estimate of drug-likeness (QED) is 0.869. The summed E-state index contributed by atoms with van der Waals surface area (Å²) >= 11 is 0. The number of phenolic OH excluding ortho intramolecular Hbond substituents is 1. The van der Waals surface area contributed by atoms with Crippen LogP contribution < -0.4 is 5.32 Å². The van der Waals surface area contributed by atoms with E-state index in [0.717, 1.165) is 12.5 Å². The van der Waals surface area contributed by atoms with Gasteiger partial charge in [-0.2, -0.15) is 0 Å². The fourth-order valence-electron chi connectivity index (χ4n) is 4.55. The number of hydrogen-bond donors (Lipinski definition) is 2. The van der Waals surface area contributed by atoms with Gasteiger partial charge in [-0.05, 0) is 55.8 Å². The van der Waals surface area contributed by atoms with Crippen LogP contribution in [0.2, 0.25) is 0 Å². The smallest absolute Gasteiger partial charge is 0.115 e. The lowest BCUT2D eigenvalue weighted by Gasteiger charge is -2.53. The van der Waals surface area contributed by atoms with E-state index in [-0.39, 0.29) is 0 Å². The van der Waals surface area contributed by atoms with Crippen LogP contribution in [-0.4, -0.2) is 17.7 Å². The molecule has 2 heteroatoms. The van der Waals surface area contributed by atoms with Crippen molar-refractivity contribution < 1.29 is 5.11 Å². The molecule has 1 heterocycles. The van der Waals surface area contributed by atoms with Crippen LogP contribution in [0.3, 0.4) is 0 Å². The second kappa shape index (κ2) is 5.16. The van der Waals surface area contributed by atoms with Gasteiger partial charge >= 0.3 is 0 Å². The fraction of sp³-hybridized carbons (Fsp3) is 0.647. The average molecular weight is 259 g/mol. The van der Waals surface area contributed by atoms with Gasteiger partial charge < -0.3 is 10.4 Å². The van der Waals surface area contributed by atoms with E-state index in [2.05, 4.69) is 18.3 Å².